The van der Waals surface area contributed by atoms with E-state index in [1.807, 2.05) is 33.0 Å². The second-order valence-corrected chi connectivity index (χ2v) is 3.93. The number of nitrogens with one attached hydrogen (secondary N) is 1. The van der Waals surface area contributed by atoms with Gasteiger partial charge in [0.1, 0.15) is 5.41 Å². The Hall–Kier alpha value is -1.09. The maximum Gasteiger partial charge on any atom is 0.317 e. The zero-order valence-electron chi connectivity index (χ0n) is 8.82. The van der Waals surface area contributed by atoms with Crippen molar-refractivity contribution in [3.63, 3.8) is 0 Å². The molecule has 0 saturated heterocycles. The number of hydrogen-bond donors (Lipinski definition) is 2. The molecule has 0 aliphatic heterocycles. The largest absolute Gasteiger partial charge is 0.480 e. The highest BCUT2D eigenvalue weighted by Crippen LogP contribution is 2.34. The Morgan fingerprint density at radius 2 is 1.93 bits per heavy atom. The van der Waals surface area contributed by atoms with Crippen LogP contribution < -0.4 is 5.32 Å². The lowest BCUT2D eigenvalue weighted by Crippen LogP contribution is -2.36. The Balaban J connectivity index is 2.95. The number of likely N-dealkylation sites (N-methyl/N-ethyl adjacent to an activating group) is 1. The average Bonchev–Trinajstić information content (AvgIpc) is 2.17. The van der Waals surface area contributed by atoms with Crippen LogP contribution in [-0.2, 0) is 4.79 Å². The Bertz CT molecular complexity index is 265. The first kappa shape index (κ1) is 11.0. The fourth-order valence-electron chi connectivity index (χ4n) is 1.61. The predicted molar refractivity (Wildman–Crippen MR) is 56.0 cm³/mol. The maximum atomic E-state index is 11.2. The summed E-state index contributed by atoms with van der Waals surface area (Å²) in [6.07, 6.45) is 7.35. The van der Waals surface area contributed by atoms with Crippen molar-refractivity contribution in [3.8, 4) is 0 Å². The van der Waals surface area contributed by atoms with Crippen LogP contribution in [0, 0.1) is 11.3 Å². The second-order valence-electron chi connectivity index (χ2n) is 3.93. The molecule has 0 radical (unpaired) electrons. The van der Waals surface area contributed by atoms with Gasteiger partial charge in [0.05, 0.1) is 0 Å². The summed E-state index contributed by atoms with van der Waals surface area (Å²) in [4.78, 5) is 11.2. The molecule has 0 atom stereocenters. The smallest absolute Gasteiger partial charge is 0.317 e. The van der Waals surface area contributed by atoms with E-state index >= 15 is 0 Å². The number of carbonyl (C=O) groups is 1. The Morgan fingerprint density at radius 3 is 2.21 bits per heavy atom. The van der Waals surface area contributed by atoms with Gasteiger partial charge in [-0.15, -0.1) is 0 Å². The first-order valence-electron chi connectivity index (χ1n) is 4.82. The Labute approximate surface area is 84.5 Å². The van der Waals surface area contributed by atoms with Crippen molar-refractivity contribution >= 4 is 5.97 Å². The van der Waals surface area contributed by atoms with Gasteiger partial charge in [-0.3, -0.25) is 4.79 Å². The number of aliphatic carboxylic acids is 1. The van der Waals surface area contributed by atoms with Crippen molar-refractivity contribution < 1.29 is 9.90 Å². The van der Waals surface area contributed by atoms with Crippen molar-refractivity contribution in [1.29, 1.82) is 0 Å². The number of carboxylic acids is 1. The highest BCUT2D eigenvalue weighted by molar-refractivity contribution is 5.80. The minimum atomic E-state index is -0.826. The van der Waals surface area contributed by atoms with Crippen LogP contribution in [0.4, 0.5) is 0 Å². The molecule has 78 valence electrons. The lowest BCUT2D eigenvalue weighted by molar-refractivity contribution is -0.145. The molecule has 0 aromatic heterocycles. The van der Waals surface area contributed by atoms with Gasteiger partial charge in [-0.2, -0.15) is 0 Å². The lowest BCUT2D eigenvalue weighted by atomic mass is 9.74. The summed E-state index contributed by atoms with van der Waals surface area (Å²) in [5.41, 5.74) is -0.826. The number of rotatable bonds is 3. The van der Waals surface area contributed by atoms with Gasteiger partial charge in [-0.1, -0.05) is 38.2 Å². The molecule has 0 amide bonds. The average molecular weight is 195 g/mol. The van der Waals surface area contributed by atoms with E-state index in [0.29, 0.717) is 0 Å². The van der Waals surface area contributed by atoms with E-state index in [9.17, 15) is 9.90 Å². The highest BCUT2D eigenvalue weighted by Gasteiger charge is 2.38. The topological polar surface area (TPSA) is 49.3 Å². The summed E-state index contributed by atoms with van der Waals surface area (Å²) in [5, 5.41) is 12.2. The van der Waals surface area contributed by atoms with E-state index in [2.05, 4.69) is 5.32 Å². The fraction of sp³-hybridized carbons (Fsp3) is 0.545. The zero-order valence-corrected chi connectivity index (χ0v) is 8.82. The summed E-state index contributed by atoms with van der Waals surface area (Å²) in [6.45, 7) is 3.84. The van der Waals surface area contributed by atoms with E-state index < -0.39 is 11.4 Å². The highest BCUT2D eigenvalue weighted by atomic mass is 16.4. The van der Waals surface area contributed by atoms with Crippen LogP contribution in [0.25, 0.3) is 0 Å². The van der Waals surface area contributed by atoms with Crippen molar-refractivity contribution in [2.45, 2.75) is 19.9 Å². The van der Waals surface area contributed by atoms with Gasteiger partial charge in [0.25, 0.3) is 0 Å². The first-order chi connectivity index (χ1) is 6.53. The summed E-state index contributed by atoms with van der Waals surface area (Å²) in [7, 11) is 1.85. The summed E-state index contributed by atoms with van der Waals surface area (Å²) in [5.74, 6) is -0.722. The van der Waals surface area contributed by atoms with Crippen LogP contribution in [0.3, 0.4) is 0 Å². The first-order valence-corrected chi connectivity index (χ1v) is 4.82. The van der Waals surface area contributed by atoms with E-state index in [-0.39, 0.29) is 12.0 Å². The monoisotopic (exact) mass is 195 g/mol. The van der Waals surface area contributed by atoms with Crippen LogP contribution >= 0.6 is 0 Å². The molecule has 2 N–H and O–H groups in total. The third-order valence-corrected chi connectivity index (χ3v) is 2.82. The third-order valence-electron chi connectivity index (χ3n) is 2.82. The van der Waals surface area contributed by atoms with Crippen molar-refractivity contribution in [2.24, 2.45) is 11.3 Å². The molecule has 1 aliphatic rings. The minimum Gasteiger partial charge on any atom is -0.480 e. The predicted octanol–water partition coefficient (Wildman–Crippen LogP) is 1.43. The van der Waals surface area contributed by atoms with Gasteiger partial charge in [0, 0.05) is 6.04 Å². The Kier molecular flexibility index (Phi) is 3.11. The zero-order chi connectivity index (χ0) is 10.8. The molecule has 0 bridgehead atoms. The lowest BCUT2D eigenvalue weighted by Gasteiger charge is -2.30. The summed E-state index contributed by atoms with van der Waals surface area (Å²) >= 11 is 0. The third kappa shape index (κ3) is 1.73. The maximum absolute atomic E-state index is 11.2. The van der Waals surface area contributed by atoms with Crippen molar-refractivity contribution in [1.82, 2.24) is 5.32 Å². The van der Waals surface area contributed by atoms with E-state index in [0.717, 1.165) is 0 Å². The van der Waals surface area contributed by atoms with Crippen LogP contribution in [0.5, 0.6) is 0 Å². The number of carboxylic acid groups (broad SMARTS) is 1. The van der Waals surface area contributed by atoms with E-state index in [1.54, 1.807) is 12.2 Å². The van der Waals surface area contributed by atoms with E-state index in [1.165, 1.54) is 0 Å². The van der Waals surface area contributed by atoms with Crippen molar-refractivity contribution in [3.05, 3.63) is 24.3 Å². The molecule has 1 aliphatic carbocycles. The minimum absolute atomic E-state index is 0.0605. The molecule has 0 aromatic carbocycles. The van der Waals surface area contributed by atoms with Crippen molar-refractivity contribution in [2.75, 3.05) is 7.05 Å². The molecule has 0 aromatic rings. The van der Waals surface area contributed by atoms with Gasteiger partial charge in [0.2, 0.25) is 0 Å². The summed E-state index contributed by atoms with van der Waals surface area (Å²) in [6, 6.07) is 0.154. The SMILES string of the molecule is CNC1C=CC(C(=O)O)(C(C)C)C=C1. The van der Waals surface area contributed by atoms with Crippen LogP contribution in [0.15, 0.2) is 24.3 Å². The molecule has 0 heterocycles. The number of hydrogen-bond acceptors (Lipinski definition) is 2. The van der Waals surface area contributed by atoms with Gasteiger partial charge in [-0.05, 0) is 13.0 Å². The van der Waals surface area contributed by atoms with Crippen LogP contribution in [0.1, 0.15) is 13.8 Å². The second kappa shape index (κ2) is 3.96. The normalized spacial score (nSPS) is 31.0. The molecule has 0 unspecified atom stereocenters. The summed E-state index contributed by atoms with van der Waals surface area (Å²) < 4.78 is 0. The van der Waals surface area contributed by atoms with E-state index in [4.69, 9.17) is 0 Å². The van der Waals surface area contributed by atoms with Gasteiger partial charge < -0.3 is 10.4 Å². The van der Waals surface area contributed by atoms with Crippen LogP contribution in [0.2, 0.25) is 0 Å². The van der Waals surface area contributed by atoms with Gasteiger partial charge in [0.15, 0.2) is 0 Å². The molecule has 14 heavy (non-hydrogen) atoms. The molecule has 0 spiro atoms. The molecule has 3 heteroatoms. The van der Waals surface area contributed by atoms with Gasteiger partial charge in [-0.25, -0.2) is 0 Å². The Morgan fingerprint density at radius 1 is 1.43 bits per heavy atom. The molecule has 3 nitrogen and oxygen atoms in total. The van der Waals surface area contributed by atoms with Crippen LogP contribution in [-0.4, -0.2) is 24.2 Å². The molecular formula is C11H17NO2. The fourth-order valence-corrected chi connectivity index (χ4v) is 1.61. The molecular weight excluding hydrogens is 178 g/mol. The van der Waals surface area contributed by atoms with Gasteiger partial charge >= 0.3 is 5.97 Å². The molecule has 0 fully saturated rings. The molecule has 0 saturated carbocycles. The quantitative estimate of drug-likeness (QED) is 0.670. The standard InChI is InChI=1S/C11H17NO2/c1-8(2)11(10(13)14)6-4-9(12-3)5-7-11/h4-9,12H,1-3H3,(H,13,14). The molecule has 1 rings (SSSR count).